The van der Waals surface area contributed by atoms with Gasteiger partial charge >= 0.3 is 0 Å². The minimum absolute atomic E-state index is 0.249. The number of rotatable bonds is 4. The van der Waals surface area contributed by atoms with Gasteiger partial charge in [0.1, 0.15) is 5.75 Å². The van der Waals surface area contributed by atoms with Crippen LogP contribution in [0.3, 0.4) is 0 Å². The molecular weight excluding hydrogens is 304 g/mol. The molecule has 1 aliphatic rings. The number of piperazine rings is 1. The van der Waals surface area contributed by atoms with E-state index in [4.69, 9.17) is 4.74 Å². The van der Waals surface area contributed by atoms with E-state index in [0.29, 0.717) is 0 Å². The molecule has 0 amide bonds. The van der Waals surface area contributed by atoms with Crippen LogP contribution in [0.5, 0.6) is 5.75 Å². The summed E-state index contributed by atoms with van der Waals surface area (Å²) in [5.74, 6) is 0.898. The van der Waals surface area contributed by atoms with Gasteiger partial charge in [0.25, 0.3) is 0 Å². The van der Waals surface area contributed by atoms with E-state index in [9.17, 15) is 0 Å². The van der Waals surface area contributed by atoms with E-state index >= 15 is 0 Å². The first-order valence-corrected chi connectivity index (χ1v) is 7.77. The molecule has 1 N–H and O–H groups in total. The van der Waals surface area contributed by atoms with Crippen molar-refractivity contribution in [3.63, 3.8) is 0 Å². The Kier molecular flexibility index (Phi) is 4.74. The highest BCUT2D eigenvalue weighted by Crippen LogP contribution is 2.31. The van der Waals surface area contributed by atoms with Gasteiger partial charge in [-0.05, 0) is 40.9 Å². The second-order valence-corrected chi connectivity index (χ2v) is 6.01. The quantitative estimate of drug-likeness (QED) is 0.917. The van der Waals surface area contributed by atoms with Crippen LogP contribution in [0.4, 0.5) is 5.69 Å². The Labute approximate surface area is 124 Å². The summed E-state index contributed by atoms with van der Waals surface area (Å²) in [5.41, 5.74) is 1.49. The van der Waals surface area contributed by atoms with E-state index in [-0.39, 0.29) is 5.54 Å². The van der Waals surface area contributed by atoms with Crippen LogP contribution in [0.2, 0.25) is 0 Å². The highest BCUT2D eigenvalue weighted by atomic mass is 79.9. The number of benzene rings is 1. The van der Waals surface area contributed by atoms with Crippen molar-refractivity contribution in [3.05, 3.63) is 22.7 Å². The monoisotopic (exact) mass is 326 g/mol. The van der Waals surface area contributed by atoms with Gasteiger partial charge in [0.2, 0.25) is 0 Å². The average Bonchev–Trinajstić information content (AvgIpc) is 2.47. The predicted molar refractivity (Wildman–Crippen MR) is 84.2 cm³/mol. The number of anilines is 1. The molecule has 1 fully saturated rings. The summed E-state index contributed by atoms with van der Waals surface area (Å²) in [6.45, 7) is 7.68. The predicted octanol–water partition coefficient (Wildman–Crippen LogP) is 3.43. The Morgan fingerprint density at radius 3 is 2.74 bits per heavy atom. The SMILES string of the molecule is CCC1(CC)CN(c2ccc(Br)c(OC)c2)CCN1. The smallest absolute Gasteiger partial charge is 0.135 e. The molecule has 1 aromatic rings. The maximum absolute atomic E-state index is 5.39. The molecule has 19 heavy (non-hydrogen) atoms. The van der Waals surface area contributed by atoms with E-state index in [1.807, 2.05) is 0 Å². The number of methoxy groups -OCH3 is 1. The van der Waals surface area contributed by atoms with Crippen LogP contribution in [-0.4, -0.2) is 32.3 Å². The Bertz CT molecular complexity index is 432. The minimum atomic E-state index is 0.249. The van der Waals surface area contributed by atoms with Gasteiger partial charge in [0.15, 0.2) is 0 Å². The van der Waals surface area contributed by atoms with Gasteiger partial charge in [-0.25, -0.2) is 0 Å². The van der Waals surface area contributed by atoms with E-state index in [0.717, 1.165) is 42.7 Å². The van der Waals surface area contributed by atoms with Crippen molar-refractivity contribution in [2.45, 2.75) is 32.2 Å². The van der Waals surface area contributed by atoms with E-state index in [1.54, 1.807) is 7.11 Å². The van der Waals surface area contributed by atoms with Crippen molar-refractivity contribution in [1.29, 1.82) is 0 Å². The normalized spacial score (nSPS) is 18.4. The molecule has 2 rings (SSSR count). The zero-order chi connectivity index (χ0) is 13.9. The molecule has 1 aromatic carbocycles. The molecule has 0 saturated carbocycles. The number of nitrogens with one attached hydrogen (secondary N) is 1. The maximum atomic E-state index is 5.39. The molecule has 0 radical (unpaired) electrons. The Hall–Kier alpha value is -0.740. The largest absolute Gasteiger partial charge is 0.495 e. The van der Waals surface area contributed by atoms with Crippen molar-refractivity contribution >= 4 is 21.6 Å². The van der Waals surface area contributed by atoms with Gasteiger partial charge in [0.05, 0.1) is 11.6 Å². The summed E-state index contributed by atoms with van der Waals surface area (Å²) in [7, 11) is 1.71. The minimum Gasteiger partial charge on any atom is -0.495 e. The average molecular weight is 327 g/mol. The third-order valence-electron chi connectivity index (χ3n) is 4.23. The van der Waals surface area contributed by atoms with Crippen molar-refractivity contribution in [2.24, 2.45) is 0 Å². The summed E-state index contributed by atoms with van der Waals surface area (Å²) < 4.78 is 6.40. The number of nitrogens with zero attached hydrogens (tertiary/aromatic N) is 1. The number of halogens is 1. The fourth-order valence-corrected chi connectivity index (χ4v) is 3.15. The molecule has 0 aromatic heterocycles. The zero-order valence-corrected chi connectivity index (χ0v) is 13.6. The maximum Gasteiger partial charge on any atom is 0.135 e. The van der Waals surface area contributed by atoms with Crippen LogP contribution >= 0.6 is 15.9 Å². The zero-order valence-electron chi connectivity index (χ0n) is 12.0. The lowest BCUT2D eigenvalue weighted by atomic mass is 9.90. The molecule has 0 spiro atoms. The topological polar surface area (TPSA) is 24.5 Å². The summed E-state index contributed by atoms with van der Waals surface area (Å²) in [6, 6.07) is 6.34. The lowest BCUT2D eigenvalue weighted by Crippen LogP contribution is -2.60. The van der Waals surface area contributed by atoms with Gasteiger partial charge in [-0.3, -0.25) is 0 Å². The van der Waals surface area contributed by atoms with E-state index in [2.05, 4.69) is 58.2 Å². The number of hydrogen-bond acceptors (Lipinski definition) is 3. The molecule has 4 heteroatoms. The summed E-state index contributed by atoms with van der Waals surface area (Å²) in [4.78, 5) is 2.46. The second-order valence-electron chi connectivity index (χ2n) is 5.15. The number of hydrogen-bond donors (Lipinski definition) is 1. The summed E-state index contributed by atoms with van der Waals surface area (Å²) in [6.07, 6.45) is 2.32. The Balaban J connectivity index is 2.22. The summed E-state index contributed by atoms with van der Waals surface area (Å²) in [5, 5.41) is 3.69. The first-order chi connectivity index (χ1) is 9.14. The van der Waals surface area contributed by atoms with Crippen molar-refractivity contribution in [2.75, 3.05) is 31.6 Å². The molecular formula is C15H23BrN2O. The molecule has 0 atom stereocenters. The van der Waals surface area contributed by atoms with Crippen LogP contribution in [0, 0.1) is 0 Å². The van der Waals surface area contributed by atoms with Gasteiger partial charge in [-0.1, -0.05) is 13.8 Å². The molecule has 0 aliphatic carbocycles. The van der Waals surface area contributed by atoms with Crippen LogP contribution in [-0.2, 0) is 0 Å². The van der Waals surface area contributed by atoms with Crippen molar-refractivity contribution in [1.82, 2.24) is 5.32 Å². The van der Waals surface area contributed by atoms with Gasteiger partial charge in [0, 0.05) is 36.9 Å². The lowest BCUT2D eigenvalue weighted by molar-refractivity contribution is 0.277. The fraction of sp³-hybridized carbons (Fsp3) is 0.600. The van der Waals surface area contributed by atoms with Crippen LogP contribution in [0.25, 0.3) is 0 Å². The fourth-order valence-electron chi connectivity index (χ4n) is 2.75. The molecule has 106 valence electrons. The standard InChI is InChI=1S/C15H23BrN2O/c1-4-15(5-2)11-18(9-8-17-15)12-6-7-13(16)14(10-12)19-3/h6-7,10,17H,4-5,8-9,11H2,1-3H3. The third kappa shape index (κ3) is 3.06. The Morgan fingerprint density at radius 1 is 1.37 bits per heavy atom. The summed E-state index contributed by atoms with van der Waals surface area (Å²) >= 11 is 3.51. The van der Waals surface area contributed by atoms with Gasteiger partial charge in [-0.2, -0.15) is 0 Å². The van der Waals surface area contributed by atoms with Crippen molar-refractivity contribution < 1.29 is 4.74 Å². The van der Waals surface area contributed by atoms with E-state index in [1.165, 1.54) is 5.69 Å². The molecule has 1 aliphatic heterocycles. The second kappa shape index (κ2) is 6.14. The van der Waals surface area contributed by atoms with Gasteiger partial charge in [-0.15, -0.1) is 0 Å². The van der Waals surface area contributed by atoms with E-state index < -0.39 is 0 Å². The first-order valence-electron chi connectivity index (χ1n) is 6.97. The van der Waals surface area contributed by atoms with Crippen LogP contribution in [0.1, 0.15) is 26.7 Å². The molecule has 1 saturated heterocycles. The highest BCUT2D eigenvalue weighted by Gasteiger charge is 2.31. The third-order valence-corrected chi connectivity index (χ3v) is 4.88. The highest BCUT2D eigenvalue weighted by molar-refractivity contribution is 9.10. The molecule has 0 unspecified atom stereocenters. The first kappa shape index (κ1) is 14.7. The van der Waals surface area contributed by atoms with Gasteiger partial charge < -0.3 is 15.0 Å². The molecule has 1 heterocycles. The lowest BCUT2D eigenvalue weighted by Gasteiger charge is -2.44. The van der Waals surface area contributed by atoms with Crippen LogP contribution < -0.4 is 15.0 Å². The molecule has 3 nitrogen and oxygen atoms in total. The van der Waals surface area contributed by atoms with Crippen LogP contribution in [0.15, 0.2) is 22.7 Å². The Morgan fingerprint density at radius 2 is 2.11 bits per heavy atom. The van der Waals surface area contributed by atoms with Crippen molar-refractivity contribution in [3.8, 4) is 5.75 Å². The number of ether oxygens (including phenoxy) is 1. The molecule has 0 bridgehead atoms.